The number of benzene rings is 3. The van der Waals surface area contributed by atoms with Crippen molar-refractivity contribution in [1.82, 2.24) is 4.90 Å². The van der Waals surface area contributed by atoms with E-state index >= 15 is 0 Å². The fourth-order valence-electron chi connectivity index (χ4n) is 4.07. The van der Waals surface area contributed by atoms with Crippen molar-refractivity contribution in [1.29, 1.82) is 0 Å². The van der Waals surface area contributed by atoms with Gasteiger partial charge >= 0.3 is 5.57 Å². The predicted octanol–water partition coefficient (Wildman–Crippen LogP) is 6.08. The van der Waals surface area contributed by atoms with Gasteiger partial charge in [-0.2, -0.15) is 0 Å². The van der Waals surface area contributed by atoms with Crippen LogP contribution in [0.4, 0.5) is 20.2 Å². The number of anilines is 1. The van der Waals surface area contributed by atoms with Gasteiger partial charge in [0.15, 0.2) is 16.7 Å². The van der Waals surface area contributed by atoms with Crippen LogP contribution in [0.25, 0.3) is 0 Å². The van der Waals surface area contributed by atoms with Gasteiger partial charge in [0.2, 0.25) is 11.8 Å². The van der Waals surface area contributed by atoms with Crippen molar-refractivity contribution in [3.8, 4) is 23.0 Å². The number of methoxy groups -OCH3 is 3. The number of thioether (sulfide) groups is 1. The molecule has 2 amide bonds. The number of carbonyl (C=O) groups excluding carboxylic acids is 2. The number of ether oxygens (including phenoxy) is 4. The highest BCUT2D eigenvalue weighted by molar-refractivity contribution is 8.15. The van der Waals surface area contributed by atoms with Crippen LogP contribution in [-0.4, -0.2) is 60.6 Å². The molecule has 1 aliphatic heterocycles. The number of nitrogens with one attached hydrogen (secondary N) is 1. The molecule has 0 spiro atoms. The van der Waals surface area contributed by atoms with Gasteiger partial charge in [0, 0.05) is 30.3 Å². The summed E-state index contributed by atoms with van der Waals surface area (Å²) in [4.78, 5) is 32.8. The number of nitrogens with zero attached hydrogens (tertiary/aromatic N) is 2. The second kappa shape index (κ2) is 13.8. The van der Waals surface area contributed by atoms with E-state index in [1.54, 1.807) is 56.6 Å². The Morgan fingerprint density at radius 3 is 2.29 bits per heavy atom. The molecular formula is C29H28ClF2N3O6S. The largest absolute Gasteiger partial charge is 0.497 e. The second-order valence-electron chi connectivity index (χ2n) is 8.95. The van der Waals surface area contributed by atoms with Gasteiger partial charge in [-0.05, 0) is 72.6 Å². The molecule has 222 valence electrons. The average molecular weight is 620 g/mol. The minimum Gasteiger partial charge on any atom is -0.497 e. The zero-order chi connectivity index (χ0) is 30.3. The lowest BCUT2D eigenvalue weighted by atomic mass is 10.1. The summed E-state index contributed by atoms with van der Waals surface area (Å²) in [5.41, 5.74) is -2.01. The lowest BCUT2D eigenvalue weighted by Crippen LogP contribution is -2.46. The zero-order valence-electron chi connectivity index (χ0n) is 22.9. The summed E-state index contributed by atoms with van der Waals surface area (Å²) in [5, 5.41) is 2.30. The van der Waals surface area contributed by atoms with E-state index < -0.39 is 16.7 Å². The highest BCUT2D eigenvalue weighted by Gasteiger charge is 2.36. The lowest BCUT2D eigenvalue weighted by Gasteiger charge is -2.32. The molecule has 3 aromatic rings. The van der Waals surface area contributed by atoms with Crippen LogP contribution < -0.4 is 24.3 Å². The van der Waals surface area contributed by atoms with Crippen LogP contribution in [0, 0.1) is 0 Å². The molecule has 1 unspecified atom stereocenters. The molecule has 0 radical (unpaired) electrons. The molecule has 0 saturated carbocycles. The smallest absolute Gasteiger partial charge is 0.487 e. The molecule has 0 aromatic heterocycles. The van der Waals surface area contributed by atoms with Gasteiger partial charge in [0.25, 0.3) is 0 Å². The summed E-state index contributed by atoms with van der Waals surface area (Å²) < 4.78 is 46.0. The van der Waals surface area contributed by atoms with Crippen molar-refractivity contribution in [2.45, 2.75) is 23.7 Å². The Morgan fingerprint density at radius 1 is 1.00 bits per heavy atom. The molecule has 1 atom stereocenters. The number of alkyl halides is 3. The summed E-state index contributed by atoms with van der Waals surface area (Å²) in [6.45, 7) is 0.317. The van der Waals surface area contributed by atoms with Crippen molar-refractivity contribution >= 4 is 51.7 Å². The van der Waals surface area contributed by atoms with E-state index in [2.05, 4.69) is 15.0 Å². The third-order valence-electron chi connectivity index (χ3n) is 6.16. The number of amides is 2. The minimum absolute atomic E-state index is 0.0657. The Morgan fingerprint density at radius 2 is 1.67 bits per heavy atom. The first-order chi connectivity index (χ1) is 20.1. The third kappa shape index (κ3) is 8.26. The van der Waals surface area contributed by atoms with Crippen molar-refractivity contribution < 1.29 is 37.3 Å². The van der Waals surface area contributed by atoms with E-state index in [1.165, 1.54) is 24.3 Å². The van der Waals surface area contributed by atoms with Gasteiger partial charge in [0.05, 0.1) is 27.0 Å². The van der Waals surface area contributed by atoms with Crippen molar-refractivity contribution in [3.63, 3.8) is 0 Å². The van der Waals surface area contributed by atoms with E-state index in [9.17, 15) is 18.4 Å². The molecule has 0 aliphatic carbocycles. The molecule has 1 N–H and O–H groups in total. The number of halogens is 3. The number of aliphatic imine (C=N–C) groups is 1. The summed E-state index contributed by atoms with van der Waals surface area (Å²) in [6.07, 6.45) is 0.435. The zero-order valence-corrected chi connectivity index (χ0v) is 24.5. The number of hydrogen-bond acceptors (Lipinski definition) is 8. The fraction of sp³-hybridized carbons (Fsp3) is 0.276. The van der Waals surface area contributed by atoms with Crippen LogP contribution in [0.1, 0.15) is 12.0 Å². The van der Waals surface area contributed by atoms with Crippen molar-refractivity contribution in [3.05, 3.63) is 72.3 Å². The highest BCUT2D eigenvalue weighted by atomic mass is 35.5. The van der Waals surface area contributed by atoms with Gasteiger partial charge in [0.1, 0.15) is 16.7 Å². The van der Waals surface area contributed by atoms with E-state index in [-0.39, 0.29) is 18.1 Å². The van der Waals surface area contributed by atoms with Gasteiger partial charge < -0.3 is 24.3 Å². The van der Waals surface area contributed by atoms with Gasteiger partial charge in [-0.25, -0.2) is 4.99 Å². The highest BCUT2D eigenvalue weighted by Crippen LogP contribution is 2.32. The Hall–Kier alpha value is -4.03. The lowest BCUT2D eigenvalue weighted by molar-refractivity contribution is -0.129. The summed E-state index contributed by atoms with van der Waals surface area (Å²) in [5.74, 6) is 0.950. The standard InChI is InChI=1S/C29H28ClF2N3O6S/c1-38-21-9-5-20(6-10-21)34-28-35(15-14-18-4-13-23(39-2)24(16-18)40-3)26(36)17-25(42-28)27(37)33-19-7-11-22(12-8-19)41-29(30,31)32/h4-13,16,25H,14-15,17H2,1-3H3,(H,33,37). The summed E-state index contributed by atoms with van der Waals surface area (Å²) in [7, 11) is 4.67. The Kier molecular flexibility index (Phi) is 10.1. The van der Waals surface area contributed by atoms with E-state index in [4.69, 9.17) is 25.8 Å². The number of amidine groups is 1. The normalized spacial score (nSPS) is 16.2. The molecule has 9 nitrogen and oxygen atoms in total. The maximum Gasteiger partial charge on any atom is 0.487 e. The molecule has 1 heterocycles. The van der Waals surface area contributed by atoms with Crippen LogP contribution >= 0.6 is 23.4 Å². The van der Waals surface area contributed by atoms with Crippen LogP contribution in [0.15, 0.2) is 71.7 Å². The van der Waals surface area contributed by atoms with Gasteiger partial charge in [-0.3, -0.25) is 14.5 Å². The van der Waals surface area contributed by atoms with E-state index in [1.807, 2.05) is 12.1 Å². The van der Waals surface area contributed by atoms with E-state index in [0.717, 1.165) is 17.3 Å². The molecule has 0 bridgehead atoms. The number of hydrogen-bond donors (Lipinski definition) is 1. The van der Waals surface area contributed by atoms with Crippen LogP contribution in [0.5, 0.6) is 23.0 Å². The van der Waals surface area contributed by atoms with Crippen molar-refractivity contribution in [2.75, 3.05) is 33.2 Å². The number of rotatable bonds is 11. The molecule has 1 saturated heterocycles. The fourth-order valence-corrected chi connectivity index (χ4v) is 5.28. The molecular weight excluding hydrogens is 592 g/mol. The molecule has 13 heteroatoms. The quantitative estimate of drug-likeness (QED) is 0.260. The van der Waals surface area contributed by atoms with Gasteiger partial charge in [-0.1, -0.05) is 17.8 Å². The average Bonchev–Trinajstić information content (AvgIpc) is 2.97. The SMILES string of the molecule is COc1ccc(N=C2SC(C(=O)Nc3ccc(OC(F)(F)Cl)cc3)CC(=O)N2CCc2ccc(OC)c(OC)c2)cc1. The Bertz CT molecular complexity index is 1430. The van der Waals surface area contributed by atoms with E-state index in [0.29, 0.717) is 46.8 Å². The summed E-state index contributed by atoms with van der Waals surface area (Å²) in [6, 6.07) is 17.8. The monoisotopic (exact) mass is 619 g/mol. The first kappa shape index (κ1) is 30.9. The van der Waals surface area contributed by atoms with Crippen LogP contribution in [0.2, 0.25) is 0 Å². The topological polar surface area (TPSA) is 98.7 Å². The maximum absolute atomic E-state index is 13.4. The Labute approximate surface area is 250 Å². The molecule has 42 heavy (non-hydrogen) atoms. The van der Waals surface area contributed by atoms with Crippen LogP contribution in [0.3, 0.4) is 0 Å². The third-order valence-corrected chi connectivity index (χ3v) is 7.42. The molecule has 1 aliphatic rings. The van der Waals surface area contributed by atoms with Crippen LogP contribution in [-0.2, 0) is 16.0 Å². The first-order valence-corrected chi connectivity index (χ1v) is 13.9. The molecule has 3 aromatic carbocycles. The second-order valence-corrected chi connectivity index (χ2v) is 10.6. The minimum atomic E-state index is -3.85. The number of carbonyl (C=O) groups is 2. The molecule has 4 rings (SSSR count). The molecule has 1 fully saturated rings. The summed E-state index contributed by atoms with van der Waals surface area (Å²) >= 11 is 5.96. The maximum atomic E-state index is 13.4. The Balaban J connectivity index is 1.52. The van der Waals surface area contributed by atoms with Crippen molar-refractivity contribution in [2.24, 2.45) is 4.99 Å². The van der Waals surface area contributed by atoms with Gasteiger partial charge in [-0.15, -0.1) is 8.78 Å². The predicted molar refractivity (Wildman–Crippen MR) is 158 cm³/mol. The first-order valence-electron chi connectivity index (χ1n) is 12.7.